The fraction of sp³-hybridized carbons (Fsp3) is 0.529. The molecular weight excluding hydrogens is 328 g/mol. The SMILES string of the molecule is O=C(CN1C(=O)c2ccccc2S1(=O)=O)NC1CCCCCCC1. The first-order valence-electron chi connectivity index (χ1n) is 8.45. The summed E-state index contributed by atoms with van der Waals surface area (Å²) in [5, 5.41) is 2.90. The molecule has 7 heteroatoms. The van der Waals surface area contributed by atoms with Crippen LogP contribution in [0.5, 0.6) is 0 Å². The van der Waals surface area contributed by atoms with Crippen molar-refractivity contribution in [1.29, 1.82) is 0 Å². The van der Waals surface area contributed by atoms with Gasteiger partial charge in [0.2, 0.25) is 5.91 Å². The number of fused-ring (bicyclic) bond motifs is 1. The second-order valence-corrected chi connectivity index (χ2v) is 8.25. The summed E-state index contributed by atoms with van der Waals surface area (Å²) < 4.78 is 25.6. The zero-order valence-electron chi connectivity index (χ0n) is 13.5. The van der Waals surface area contributed by atoms with Crippen LogP contribution in [0.15, 0.2) is 29.2 Å². The molecule has 2 amide bonds. The number of hydrogen-bond donors (Lipinski definition) is 1. The fourth-order valence-electron chi connectivity index (χ4n) is 3.39. The van der Waals surface area contributed by atoms with Crippen LogP contribution < -0.4 is 5.32 Å². The van der Waals surface area contributed by atoms with Crippen molar-refractivity contribution < 1.29 is 18.0 Å². The maximum Gasteiger partial charge on any atom is 0.269 e. The Morgan fingerprint density at radius 2 is 1.71 bits per heavy atom. The van der Waals surface area contributed by atoms with Crippen LogP contribution in [0.4, 0.5) is 0 Å². The van der Waals surface area contributed by atoms with E-state index in [2.05, 4.69) is 5.32 Å². The van der Waals surface area contributed by atoms with Crippen molar-refractivity contribution in [2.75, 3.05) is 6.54 Å². The number of sulfonamides is 1. The van der Waals surface area contributed by atoms with Crippen molar-refractivity contribution in [3.63, 3.8) is 0 Å². The van der Waals surface area contributed by atoms with Crippen LogP contribution in [0.2, 0.25) is 0 Å². The molecule has 0 bridgehead atoms. The highest BCUT2D eigenvalue weighted by Gasteiger charge is 2.41. The van der Waals surface area contributed by atoms with E-state index in [0.717, 1.165) is 25.7 Å². The van der Waals surface area contributed by atoms with Gasteiger partial charge in [-0.3, -0.25) is 9.59 Å². The molecule has 2 aliphatic rings. The van der Waals surface area contributed by atoms with Crippen molar-refractivity contribution in [2.24, 2.45) is 0 Å². The molecule has 1 saturated carbocycles. The highest BCUT2D eigenvalue weighted by Crippen LogP contribution is 2.29. The van der Waals surface area contributed by atoms with E-state index >= 15 is 0 Å². The average molecular weight is 350 g/mol. The molecule has 1 heterocycles. The number of benzene rings is 1. The Kier molecular flexibility index (Phi) is 4.89. The zero-order valence-corrected chi connectivity index (χ0v) is 14.3. The molecule has 1 aliphatic carbocycles. The molecule has 1 fully saturated rings. The van der Waals surface area contributed by atoms with Crippen molar-refractivity contribution in [2.45, 2.75) is 55.9 Å². The van der Waals surface area contributed by atoms with Crippen LogP contribution in [-0.4, -0.2) is 37.1 Å². The highest BCUT2D eigenvalue weighted by atomic mass is 32.2. The topological polar surface area (TPSA) is 83.6 Å². The Morgan fingerprint density at radius 1 is 1.08 bits per heavy atom. The maximum atomic E-state index is 12.4. The number of rotatable bonds is 3. The lowest BCUT2D eigenvalue weighted by atomic mass is 9.97. The van der Waals surface area contributed by atoms with Crippen LogP contribution in [0.1, 0.15) is 55.3 Å². The molecule has 0 aromatic heterocycles. The monoisotopic (exact) mass is 350 g/mol. The molecule has 130 valence electrons. The van der Waals surface area contributed by atoms with Gasteiger partial charge in [-0.2, -0.15) is 0 Å². The first kappa shape index (κ1) is 17.0. The van der Waals surface area contributed by atoms with Gasteiger partial charge >= 0.3 is 0 Å². The van der Waals surface area contributed by atoms with Crippen molar-refractivity contribution in [3.05, 3.63) is 29.8 Å². The lowest BCUT2D eigenvalue weighted by Gasteiger charge is -2.22. The third-order valence-corrected chi connectivity index (χ3v) is 6.46. The molecule has 0 saturated heterocycles. The van der Waals surface area contributed by atoms with E-state index in [9.17, 15) is 18.0 Å². The van der Waals surface area contributed by atoms with Crippen molar-refractivity contribution in [1.82, 2.24) is 9.62 Å². The molecule has 1 N–H and O–H groups in total. The summed E-state index contributed by atoms with van der Waals surface area (Å²) in [7, 11) is -3.92. The van der Waals surface area contributed by atoms with Gasteiger partial charge in [0.1, 0.15) is 11.4 Å². The first-order chi connectivity index (χ1) is 11.5. The molecule has 0 radical (unpaired) electrons. The number of hydrogen-bond acceptors (Lipinski definition) is 4. The average Bonchev–Trinajstić information content (AvgIpc) is 2.71. The quantitative estimate of drug-likeness (QED) is 0.904. The Hall–Kier alpha value is -1.89. The molecule has 3 rings (SSSR count). The summed E-state index contributed by atoms with van der Waals surface area (Å²) in [6.45, 7) is -0.452. The van der Waals surface area contributed by atoms with Crippen molar-refractivity contribution >= 4 is 21.8 Å². The van der Waals surface area contributed by atoms with Crippen LogP contribution >= 0.6 is 0 Å². The van der Waals surface area contributed by atoms with E-state index in [4.69, 9.17) is 0 Å². The number of nitrogens with zero attached hydrogens (tertiary/aromatic N) is 1. The van der Waals surface area contributed by atoms with Gasteiger partial charge in [0.05, 0.1) is 5.56 Å². The number of carbonyl (C=O) groups excluding carboxylic acids is 2. The third kappa shape index (κ3) is 3.31. The minimum atomic E-state index is -3.92. The maximum absolute atomic E-state index is 12.4. The smallest absolute Gasteiger partial charge is 0.269 e. The van der Waals surface area contributed by atoms with Crippen LogP contribution in [-0.2, 0) is 14.8 Å². The van der Waals surface area contributed by atoms with Gasteiger partial charge in [-0.15, -0.1) is 0 Å². The molecule has 1 aliphatic heterocycles. The van der Waals surface area contributed by atoms with Gasteiger partial charge < -0.3 is 5.32 Å². The predicted molar refractivity (Wildman–Crippen MR) is 88.9 cm³/mol. The lowest BCUT2D eigenvalue weighted by Crippen LogP contribution is -2.44. The normalized spacial score (nSPS) is 21.0. The van der Waals surface area contributed by atoms with Crippen molar-refractivity contribution in [3.8, 4) is 0 Å². The summed E-state index contributed by atoms with van der Waals surface area (Å²) >= 11 is 0. The number of amides is 2. The third-order valence-electron chi connectivity index (χ3n) is 4.67. The summed E-state index contributed by atoms with van der Waals surface area (Å²) in [6.07, 6.45) is 7.52. The Labute approximate surface area is 142 Å². The number of nitrogens with one attached hydrogen (secondary N) is 1. The summed E-state index contributed by atoms with van der Waals surface area (Å²) in [4.78, 5) is 24.6. The van der Waals surface area contributed by atoms with Gasteiger partial charge in [-0.1, -0.05) is 44.2 Å². The van der Waals surface area contributed by atoms with E-state index in [0.29, 0.717) is 4.31 Å². The molecule has 6 nitrogen and oxygen atoms in total. The molecule has 24 heavy (non-hydrogen) atoms. The molecule has 0 unspecified atom stereocenters. The van der Waals surface area contributed by atoms with E-state index in [-0.39, 0.29) is 16.5 Å². The Balaban J connectivity index is 1.67. The van der Waals surface area contributed by atoms with Gasteiger partial charge in [0.15, 0.2) is 0 Å². The van der Waals surface area contributed by atoms with E-state index in [1.807, 2.05) is 0 Å². The minimum Gasteiger partial charge on any atom is -0.352 e. The zero-order chi connectivity index (χ0) is 17.2. The Bertz CT molecular complexity index is 737. The highest BCUT2D eigenvalue weighted by molar-refractivity contribution is 7.90. The standard InChI is InChI=1S/C17H22N2O4S/c20-16(18-13-8-4-2-1-3-5-9-13)12-19-17(21)14-10-6-7-11-15(14)24(19,22)23/h6-7,10-11,13H,1-5,8-9,12H2,(H,18,20). The fourth-order valence-corrected chi connectivity index (χ4v) is 4.92. The summed E-state index contributed by atoms with van der Waals surface area (Å²) in [5.41, 5.74) is 0.135. The number of carbonyl (C=O) groups is 2. The molecule has 0 spiro atoms. The minimum absolute atomic E-state index is 0.0197. The Morgan fingerprint density at radius 3 is 2.38 bits per heavy atom. The van der Waals surface area contributed by atoms with Crippen LogP contribution in [0.25, 0.3) is 0 Å². The van der Waals surface area contributed by atoms with Crippen LogP contribution in [0.3, 0.4) is 0 Å². The second-order valence-electron chi connectivity index (χ2n) is 6.42. The van der Waals surface area contributed by atoms with E-state index in [1.165, 1.54) is 31.4 Å². The van der Waals surface area contributed by atoms with Gasteiger partial charge in [-0.25, -0.2) is 12.7 Å². The molecular formula is C17H22N2O4S. The van der Waals surface area contributed by atoms with Crippen LogP contribution in [0, 0.1) is 0 Å². The summed E-state index contributed by atoms with van der Waals surface area (Å²) in [6, 6.07) is 6.13. The largest absolute Gasteiger partial charge is 0.352 e. The molecule has 0 atom stereocenters. The van der Waals surface area contributed by atoms with Gasteiger partial charge in [0.25, 0.3) is 15.9 Å². The molecule has 1 aromatic rings. The lowest BCUT2D eigenvalue weighted by molar-refractivity contribution is -0.121. The van der Waals surface area contributed by atoms with E-state index < -0.39 is 28.4 Å². The van der Waals surface area contributed by atoms with Gasteiger partial charge in [-0.05, 0) is 25.0 Å². The van der Waals surface area contributed by atoms with E-state index in [1.54, 1.807) is 12.1 Å². The molecule has 1 aromatic carbocycles. The predicted octanol–water partition coefficient (Wildman–Crippen LogP) is 2.06. The van der Waals surface area contributed by atoms with Gasteiger partial charge in [0, 0.05) is 6.04 Å². The first-order valence-corrected chi connectivity index (χ1v) is 9.89. The summed E-state index contributed by atoms with van der Waals surface area (Å²) in [5.74, 6) is -1.04. The second kappa shape index (κ2) is 6.93.